The minimum atomic E-state index is -0.824. The van der Waals surface area contributed by atoms with E-state index >= 15 is 0 Å². The van der Waals surface area contributed by atoms with E-state index in [0.29, 0.717) is 13.0 Å². The standard InChI is InChI=1S/C14H18FNO3S/c1-10(2-7-14(18)19)8-16-13(17)9-20-12-5-3-11(15)4-6-12/h3-6,10H,2,7-9H2,1H3,(H,16,17)(H,18,19). The molecule has 6 heteroatoms. The molecule has 1 unspecified atom stereocenters. The Balaban J connectivity index is 2.20. The minimum Gasteiger partial charge on any atom is -0.481 e. The maximum Gasteiger partial charge on any atom is 0.303 e. The summed E-state index contributed by atoms with van der Waals surface area (Å²) in [6.07, 6.45) is 0.655. The summed E-state index contributed by atoms with van der Waals surface area (Å²) >= 11 is 1.33. The summed E-state index contributed by atoms with van der Waals surface area (Å²) in [4.78, 5) is 22.8. The van der Waals surface area contributed by atoms with Crippen molar-refractivity contribution in [3.05, 3.63) is 30.1 Å². The summed E-state index contributed by atoms with van der Waals surface area (Å²) < 4.78 is 12.7. The van der Waals surface area contributed by atoms with Crippen molar-refractivity contribution in [1.29, 1.82) is 0 Å². The SMILES string of the molecule is CC(CCC(=O)O)CNC(=O)CSc1ccc(F)cc1. The molecule has 1 aromatic carbocycles. The molecule has 0 aromatic heterocycles. The summed E-state index contributed by atoms with van der Waals surface area (Å²) in [5.74, 6) is -0.842. The lowest BCUT2D eigenvalue weighted by Gasteiger charge is -2.11. The fourth-order valence-electron chi connectivity index (χ4n) is 1.49. The predicted molar refractivity (Wildman–Crippen MR) is 76.2 cm³/mol. The van der Waals surface area contributed by atoms with Crippen LogP contribution >= 0.6 is 11.8 Å². The first kappa shape index (κ1) is 16.5. The molecule has 0 spiro atoms. The summed E-state index contributed by atoms with van der Waals surface area (Å²) in [6, 6.07) is 5.97. The van der Waals surface area contributed by atoms with Crippen LogP contribution in [-0.4, -0.2) is 29.3 Å². The van der Waals surface area contributed by atoms with Gasteiger partial charge < -0.3 is 10.4 Å². The highest BCUT2D eigenvalue weighted by atomic mass is 32.2. The van der Waals surface area contributed by atoms with Crippen molar-refractivity contribution in [2.24, 2.45) is 5.92 Å². The van der Waals surface area contributed by atoms with Crippen LogP contribution in [-0.2, 0) is 9.59 Å². The van der Waals surface area contributed by atoms with Gasteiger partial charge in [0.15, 0.2) is 0 Å². The fourth-order valence-corrected chi connectivity index (χ4v) is 2.22. The van der Waals surface area contributed by atoms with Gasteiger partial charge in [-0.2, -0.15) is 0 Å². The molecule has 0 heterocycles. The molecule has 0 aliphatic heterocycles. The monoisotopic (exact) mass is 299 g/mol. The molecular weight excluding hydrogens is 281 g/mol. The first-order valence-corrected chi connectivity index (χ1v) is 7.33. The molecule has 0 saturated carbocycles. The third kappa shape index (κ3) is 7.13. The number of thioether (sulfide) groups is 1. The van der Waals surface area contributed by atoms with Crippen molar-refractivity contribution in [3.8, 4) is 0 Å². The van der Waals surface area contributed by atoms with Gasteiger partial charge in [-0.25, -0.2) is 4.39 Å². The molecule has 0 aliphatic rings. The molecule has 1 rings (SSSR count). The number of benzene rings is 1. The minimum absolute atomic E-state index is 0.110. The van der Waals surface area contributed by atoms with Crippen LogP contribution in [0.1, 0.15) is 19.8 Å². The second-order valence-electron chi connectivity index (χ2n) is 4.58. The first-order chi connectivity index (χ1) is 9.47. The fraction of sp³-hybridized carbons (Fsp3) is 0.429. The van der Waals surface area contributed by atoms with Crippen LogP contribution in [0.15, 0.2) is 29.2 Å². The van der Waals surface area contributed by atoms with E-state index in [0.717, 1.165) is 4.90 Å². The number of rotatable bonds is 8. The first-order valence-electron chi connectivity index (χ1n) is 6.34. The lowest BCUT2D eigenvalue weighted by molar-refractivity contribution is -0.137. The number of amides is 1. The molecular formula is C14H18FNO3S. The molecule has 0 saturated heterocycles. The number of halogens is 1. The van der Waals surface area contributed by atoms with Crippen LogP contribution in [0.3, 0.4) is 0 Å². The highest BCUT2D eigenvalue weighted by Gasteiger charge is 2.08. The van der Waals surface area contributed by atoms with Gasteiger partial charge in [-0.1, -0.05) is 6.92 Å². The van der Waals surface area contributed by atoms with Gasteiger partial charge in [0.05, 0.1) is 5.75 Å². The lowest BCUT2D eigenvalue weighted by Crippen LogP contribution is -2.29. The van der Waals surface area contributed by atoms with E-state index in [1.54, 1.807) is 12.1 Å². The van der Waals surface area contributed by atoms with Gasteiger partial charge in [0.25, 0.3) is 0 Å². The molecule has 1 amide bonds. The highest BCUT2D eigenvalue weighted by molar-refractivity contribution is 8.00. The van der Waals surface area contributed by atoms with E-state index in [4.69, 9.17) is 5.11 Å². The Labute approximate surface area is 121 Å². The van der Waals surface area contributed by atoms with Gasteiger partial charge in [0.1, 0.15) is 5.82 Å². The van der Waals surface area contributed by atoms with Gasteiger partial charge in [-0.05, 0) is 36.6 Å². The van der Waals surface area contributed by atoms with E-state index in [1.165, 1.54) is 23.9 Å². The zero-order chi connectivity index (χ0) is 15.0. The number of carboxylic acid groups (broad SMARTS) is 1. The average molecular weight is 299 g/mol. The van der Waals surface area contributed by atoms with E-state index in [2.05, 4.69) is 5.32 Å². The van der Waals surface area contributed by atoms with Crippen LogP contribution in [0, 0.1) is 11.7 Å². The van der Waals surface area contributed by atoms with Gasteiger partial charge in [0, 0.05) is 17.9 Å². The summed E-state index contributed by atoms with van der Waals surface area (Å²) in [5, 5.41) is 11.3. The van der Waals surface area contributed by atoms with Crippen LogP contribution in [0.4, 0.5) is 4.39 Å². The van der Waals surface area contributed by atoms with Crippen molar-refractivity contribution < 1.29 is 19.1 Å². The van der Waals surface area contributed by atoms with E-state index < -0.39 is 5.97 Å². The zero-order valence-corrected chi connectivity index (χ0v) is 12.1. The number of carbonyl (C=O) groups is 2. The third-order valence-electron chi connectivity index (χ3n) is 2.68. The molecule has 0 aliphatic carbocycles. The molecule has 1 aromatic rings. The Bertz CT molecular complexity index is 450. The largest absolute Gasteiger partial charge is 0.481 e. The second-order valence-corrected chi connectivity index (χ2v) is 5.63. The summed E-state index contributed by atoms with van der Waals surface area (Å²) in [6.45, 7) is 2.37. The van der Waals surface area contributed by atoms with Gasteiger partial charge >= 0.3 is 5.97 Å². The van der Waals surface area contributed by atoms with Crippen molar-refractivity contribution in [3.63, 3.8) is 0 Å². The van der Waals surface area contributed by atoms with E-state index in [-0.39, 0.29) is 29.8 Å². The maximum absolute atomic E-state index is 12.7. The lowest BCUT2D eigenvalue weighted by atomic mass is 10.1. The second kappa shape index (κ2) is 8.58. The Morgan fingerprint density at radius 2 is 2.00 bits per heavy atom. The Morgan fingerprint density at radius 1 is 1.35 bits per heavy atom. The van der Waals surface area contributed by atoms with Crippen molar-refractivity contribution in [2.45, 2.75) is 24.7 Å². The Kier molecular flexibility index (Phi) is 7.08. The van der Waals surface area contributed by atoms with Gasteiger partial charge in [0.2, 0.25) is 5.91 Å². The number of carboxylic acids is 1. The number of nitrogens with one attached hydrogen (secondary N) is 1. The van der Waals surface area contributed by atoms with Crippen LogP contribution in [0.2, 0.25) is 0 Å². The highest BCUT2D eigenvalue weighted by Crippen LogP contribution is 2.17. The summed E-state index contributed by atoms with van der Waals surface area (Å²) in [7, 11) is 0. The summed E-state index contributed by atoms with van der Waals surface area (Å²) in [5.41, 5.74) is 0. The van der Waals surface area contributed by atoms with Gasteiger partial charge in [-0.3, -0.25) is 9.59 Å². The van der Waals surface area contributed by atoms with E-state index in [1.807, 2.05) is 6.92 Å². The third-order valence-corrected chi connectivity index (χ3v) is 3.69. The average Bonchev–Trinajstić information content (AvgIpc) is 2.42. The smallest absolute Gasteiger partial charge is 0.303 e. The van der Waals surface area contributed by atoms with Crippen molar-refractivity contribution in [1.82, 2.24) is 5.32 Å². The quantitative estimate of drug-likeness (QED) is 0.724. The van der Waals surface area contributed by atoms with Crippen LogP contribution in [0.25, 0.3) is 0 Å². The number of aliphatic carboxylic acids is 1. The van der Waals surface area contributed by atoms with Crippen LogP contribution in [0.5, 0.6) is 0 Å². The molecule has 20 heavy (non-hydrogen) atoms. The van der Waals surface area contributed by atoms with E-state index in [9.17, 15) is 14.0 Å². The number of hydrogen-bond donors (Lipinski definition) is 2. The molecule has 110 valence electrons. The molecule has 4 nitrogen and oxygen atoms in total. The molecule has 0 radical (unpaired) electrons. The predicted octanol–water partition coefficient (Wildman–Crippen LogP) is 2.53. The molecule has 0 bridgehead atoms. The number of hydrogen-bond acceptors (Lipinski definition) is 3. The maximum atomic E-state index is 12.7. The van der Waals surface area contributed by atoms with Crippen LogP contribution < -0.4 is 5.32 Å². The van der Waals surface area contributed by atoms with Gasteiger partial charge in [-0.15, -0.1) is 11.8 Å². The zero-order valence-electron chi connectivity index (χ0n) is 11.3. The van der Waals surface area contributed by atoms with Crippen molar-refractivity contribution in [2.75, 3.05) is 12.3 Å². The van der Waals surface area contributed by atoms with Crippen molar-refractivity contribution >= 4 is 23.6 Å². The topological polar surface area (TPSA) is 66.4 Å². The molecule has 1 atom stereocenters. The molecule has 2 N–H and O–H groups in total. The Morgan fingerprint density at radius 3 is 2.60 bits per heavy atom. The number of carbonyl (C=O) groups excluding carboxylic acids is 1. The normalized spacial score (nSPS) is 11.9. The Hall–Kier alpha value is -1.56. The molecule has 0 fully saturated rings.